The fourth-order valence-electron chi connectivity index (χ4n) is 5.43. The van der Waals surface area contributed by atoms with Crippen molar-refractivity contribution >= 4 is 22.6 Å². The Morgan fingerprint density at radius 1 is 0.895 bits per heavy atom. The third-order valence-electron chi connectivity index (χ3n) is 7.50. The van der Waals surface area contributed by atoms with E-state index in [4.69, 9.17) is 10.4 Å². The van der Waals surface area contributed by atoms with Crippen LogP contribution in [-0.2, 0) is 13.0 Å². The maximum Gasteiger partial charge on any atom is 0.267 e. The Bertz CT molecular complexity index is 1730. The lowest BCUT2D eigenvalue weighted by Crippen LogP contribution is -2.42. The van der Waals surface area contributed by atoms with E-state index < -0.39 is 0 Å². The van der Waals surface area contributed by atoms with E-state index in [2.05, 4.69) is 24.3 Å². The predicted octanol–water partition coefficient (Wildman–Crippen LogP) is 4.27. The molecule has 7 nitrogen and oxygen atoms in total. The molecule has 3 aromatic heterocycles. The van der Waals surface area contributed by atoms with Gasteiger partial charge in [0.1, 0.15) is 16.8 Å². The van der Waals surface area contributed by atoms with Crippen LogP contribution >= 0.6 is 0 Å². The molecule has 0 bridgehead atoms. The third kappa shape index (κ3) is 4.52. The Morgan fingerprint density at radius 3 is 2.26 bits per heavy atom. The van der Waals surface area contributed by atoms with Crippen LogP contribution in [-0.4, -0.2) is 37.8 Å². The Kier molecular flexibility index (Phi) is 6.33. The van der Waals surface area contributed by atoms with Crippen LogP contribution in [0.15, 0.2) is 95.9 Å². The van der Waals surface area contributed by atoms with Crippen molar-refractivity contribution in [3.05, 3.63) is 124 Å². The minimum absolute atomic E-state index is 0.0740. The number of likely N-dealkylation sites (tertiary alicyclic amines) is 1. The number of rotatable bonds is 5. The van der Waals surface area contributed by atoms with E-state index in [1.54, 1.807) is 29.0 Å². The van der Waals surface area contributed by atoms with Gasteiger partial charge in [0.25, 0.3) is 11.5 Å². The minimum atomic E-state index is -0.247. The first kappa shape index (κ1) is 23.9. The van der Waals surface area contributed by atoms with Crippen LogP contribution in [0.3, 0.4) is 0 Å². The molecule has 1 N–H and O–H groups in total. The smallest absolute Gasteiger partial charge is 0.267 e. The van der Waals surface area contributed by atoms with E-state index in [0.29, 0.717) is 42.2 Å². The van der Waals surface area contributed by atoms with Crippen LogP contribution < -0.4 is 11.0 Å². The highest BCUT2D eigenvalue weighted by Gasteiger charge is 2.26. The fraction of sp³-hybridized carbons (Fsp3) is 0.226. The summed E-state index contributed by atoms with van der Waals surface area (Å²) in [7, 11) is 0. The summed E-state index contributed by atoms with van der Waals surface area (Å²) < 4.78 is 3.18. The fourth-order valence-corrected chi connectivity index (χ4v) is 5.43. The summed E-state index contributed by atoms with van der Waals surface area (Å²) in [6.07, 6.45) is 4.52. The molecular weight excluding hydrogens is 474 g/mol. The average molecular weight is 504 g/mol. The molecule has 190 valence electrons. The minimum Gasteiger partial charge on any atom is -0.339 e. The monoisotopic (exact) mass is 503 g/mol. The number of amides is 1. The highest BCUT2D eigenvalue weighted by molar-refractivity contribution is 5.97. The molecule has 5 aromatic rings. The molecule has 1 fully saturated rings. The number of hydrogen-bond acceptors (Lipinski definition) is 4. The number of aromatic nitrogens is 3. The third-order valence-corrected chi connectivity index (χ3v) is 7.50. The molecular formula is C31H29N5O2. The highest BCUT2D eigenvalue weighted by atomic mass is 16.2. The summed E-state index contributed by atoms with van der Waals surface area (Å²) in [6.45, 7) is 1.62. The largest absolute Gasteiger partial charge is 0.339 e. The summed E-state index contributed by atoms with van der Waals surface area (Å²) in [5, 5.41) is 9.40. The van der Waals surface area contributed by atoms with Gasteiger partial charge in [-0.1, -0.05) is 66.7 Å². The number of nitrogens with one attached hydrogen (secondary N) is 1. The Morgan fingerprint density at radius 2 is 1.55 bits per heavy atom. The van der Waals surface area contributed by atoms with Crippen LogP contribution in [0.4, 0.5) is 0 Å². The van der Waals surface area contributed by atoms with Crippen LogP contribution in [0, 0.1) is 11.3 Å². The van der Waals surface area contributed by atoms with Gasteiger partial charge in [-0.25, -0.2) is 4.98 Å². The van der Waals surface area contributed by atoms with E-state index in [1.165, 1.54) is 9.96 Å². The lowest BCUT2D eigenvalue weighted by Gasteiger charge is -2.32. The SMILES string of the molecule is N=c1c(C(=O)N2CCC(Cc3ccccc3)CC2)cc2c(=O)n3ccccc3nc2n1Cc1ccccc1. The molecule has 0 unspecified atom stereocenters. The maximum atomic E-state index is 13.8. The second kappa shape index (κ2) is 10.1. The van der Waals surface area contributed by atoms with Crippen LogP contribution in [0.2, 0.25) is 0 Å². The molecule has 1 amide bonds. The number of carbonyl (C=O) groups excluding carboxylic acids is 1. The zero-order valence-corrected chi connectivity index (χ0v) is 21.1. The van der Waals surface area contributed by atoms with E-state index in [1.807, 2.05) is 47.4 Å². The number of pyridine rings is 2. The number of piperidine rings is 1. The molecule has 1 saturated heterocycles. The molecule has 0 spiro atoms. The molecule has 1 aliphatic heterocycles. The van der Waals surface area contributed by atoms with Gasteiger partial charge < -0.3 is 9.47 Å². The lowest BCUT2D eigenvalue weighted by molar-refractivity contribution is 0.0687. The average Bonchev–Trinajstić information content (AvgIpc) is 2.96. The zero-order valence-electron chi connectivity index (χ0n) is 21.1. The van der Waals surface area contributed by atoms with E-state index in [9.17, 15) is 9.59 Å². The summed E-state index contributed by atoms with van der Waals surface area (Å²) in [5.74, 6) is 0.325. The van der Waals surface area contributed by atoms with E-state index in [-0.39, 0.29) is 22.5 Å². The van der Waals surface area contributed by atoms with Crippen LogP contribution in [0.1, 0.15) is 34.3 Å². The van der Waals surface area contributed by atoms with Gasteiger partial charge in [0, 0.05) is 19.3 Å². The molecule has 0 atom stereocenters. The van der Waals surface area contributed by atoms with Crippen molar-refractivity contribution in [2.45, 2.75) is 25.8 Å². The van der Waals surface area contributed by atoms with Crippen LogP contribution in [0.25, 0.3) is 16.7 Å². The van der Waals surface area contributed by atoms with Gasteiger partial charge in [0.05, 0.1) is 17.5 Å². The molecule has 1 aliphatic rings. The van der Waals surface area contributed by atoms with Crippen molar-refractivity contribution in [1.82, 2.24) is 18.9 Å². The molecule has 2 aromatic carbocycles. The van der Waals surface area contributed by atoms with Crippen molar-refractivity contribution < 1.29 is 4.79 Å². The normalized spacial score (nSPS) is 14.3. The first-order chi connectivity index (χ1) is 18.6. The van der Waals surface area contributed by atoms with Crippen LogP contribution in [0.5, 0.6) is 0 Å². The molecule has 0 aliphatic carbocycles. The first-order valence-electron chi connectivity index (χ1n) is 13.0. The van der Waals surface area contributed by atoms with Gasteiger partial charge in [0.2, 0.25) is 0 Å². The van der Waals surface area contributed by atoms with Crippen molar-refractivity contribution in [3.8, 4) is 0 Å². The summed E-state index contributed by atoms with van der Waals surface area (Å²) in [6, 6.07) is 27.2. The Labute approximate surface area is 220 Å². The maximum absolute atomic E-state index is 13.8. The Hall–Kier alpha value is -4.52. The van der Waals surface area contributed by atoms with E-state index >= 15 is 0 Å². The van der Waals surface area contributed by atoms with Crippen molar-refractivity contribution in [2.75, 3.05) is 13.1 Å². The predicted molar refractivity (Wildman–Crippen MR) is 147 cm³/mol. The van der Waals surface area contributed by atoms with Gasteiger partial charge in [-0.2, -0.15) is 0 Å². The lowest BCUT2D eigenvalue weighted by atomic mass is 9.90. The van der Waals surface area contributed by atoms with Gasteiger partial charge in [0.15, 0.2) is 0 Å². The quantitative estimate of drug-likeness (QED) is 0.364. The molecule has 6 rings (SSSR count). The number of carbonyl (C=O) groups is 1. The first-order valence-corrected chi connectivity index (χ1v) is 13.0. The topological polar surface area (TPSA) is 83.5 Å². The van der Waals surface area contributed by atoms with Crippen molar-refractivity contribution in [2.24, 2.45) is 5.92 Å². The van der Waals surface area contributed by atoms with Gasteiger partial charge >= 0.3 is 0 Å². The van der Waals surface area contributed by atoms with Crippen molar-refractivity contribution in [3.63, 3.8) is 0 Å². The molecule has 38 heavy (non-hydrogen) atoms. The summed E-state index contributed by atoms with van der Waals surface area (Å²) in [5.41, 5.74) is 3.27. The standard InChI is InChI=1S/C31H29N5O2/c32-28-25(30(37)34-17-14-23(15-18-34)19-22-9-3-1-4-10-22)20-26-29(36(28)21-24-11-5-2-6-12-24)33-27-13-7-8-16-35(27)31(26)38/h1-13,16,20,23,32H,14-15,17-19,21H2. The van der Waals surface area contributed by atoms with Gasteiger partial charge in [-0.15, -0.1) is 0 Å². The second-order valence-corrected chi connectivity index (χ2v) is 9.99. The van der Waals surface area contributed by atoms with Gasteiger partial charge in [-0.3, -0.25) is 19.4 Å². The number of benzene rings is 2. The van der Waals surface area contributed by atoms with E-state index in [0.717, 1.165) is 24.8 Å². The molecule has 0 saturated carbocycles. The van der Waals surface area contributed by atoms with Gasteiger partial charge in [-0.05, 0) is 54.5 Å². The molecule has 7 heteroatoms. The number of hydrogen-bond donors (Lipinski definition) is 1. The second-order valence-electron chi connectivity index (χ2n) is 9.99. The molecule has 4 heterocycles. The summed E-state index contributed by atoms with van der Waals surface area (Å²) in [4.78, 5) is 33.8. The molecule has 0 radical (unpaired) electrons. The number of fused-ring (bicyclic) bond motifs is 2. The highest BCUT2D eigenvalue weighted by Crippen LogP contribution is 2.23. The van der Waals surface area contributed by atoms with Crippen molar-refractivity contribution in [1.29, 1.82) is 5.41 Å². The number of nitrogens with zero attached hydrogens (tertiary/aromatic N) is 4. The zero-order chi connectivity index (χ0) is 26.1. The Balaban J connectivity index is 1.37. The summed E-state index contributed by atoms with van der Waals surface area (Å²) >= 11 is 0.